The Morgan fingerprint density at radius 1 is 1.53 bits per heavy atom. The third-order valence-corrected chi connectivity index (χ3v) is 4.07. The number of ether oxygens (including phenoxy) is 2. The molecular weight excluding hydrogens is 312 g/mol. The number of morpholine rings is 1. The highest BCUT2D eigenvalue weighted by molar-refractivity contribution is 9.10. The summed E-state index contributed by atoms with van der Waals surface area (Å²) in [5, 5.41) is 3.02. The van der Waals surface area contributed by atoms with E-state index in [1.54, 1.807) is 7.11 Å². The summed E-state index contributed by atoms with van der Waals surface area (Å²) in [6.45, 7) is 1.86. The molecule has 2 aliphatic rings. The van der Waals surface area contributed by atoms with Gasteiger partial charge in [0, 0.05) is 16.6 Å². The molecule has 2 saturated heterocycles. The number of fused-ring (bicyclic) bond motifs is 1. The van der Waals surface area contributed by atoms with Crippen LogP contribution in [0.15, 0.2) is 22.7 Å². The molecule has 0 spiro atoms. The summed E-state index contributed by atoms with van der Waals surface area (Å²) >= 11 is 3.43. The number of hydrogen-bond acceptors (Lipinski definition) is 4. The third kappa shape index (κ3) is 2.24. The van der Waals surface area contributed by atoms with Crippen LogP contribution in [0.3, 0.4) is 0 Å². The first kappa shape index (κ1) is 12.9. The van der Waals surface area contributed by atoms with Crippen molar-refractivity contribution in [3.8, 4) is 5.75 Å². The van der Waals surface area contributed by atoms with Crippen LogP contribution < -0.4 is 10.1 Å². The fourth-order valence-electron chi connectivity index (χ4n) is 2.63. The Morgan fingerprint density at radius 2 is 2.37 bits per heavy atom. The van der Waals surface area contributed by atoms with Crippen LogP contribution in [-0.4, -0.2) is 43.7 Å². The fourth-order valence-corrected chi connectivity index (χ4v) is 2.97. The maximum absolute atomic E-state index is 12.0. The molecule has 6 heteroatoms. The van der Waals surface area contributed by atoms with Crippen molar-refractivity contribution in [2.75, 3.05) is 26.9 Å². The normalized spacial score (nSPS) is 26.9. The predicted molar refractivity (Wildman–Crippen MR) is 72.9 cm³/mol. The average molecular weight is 327 g/mol. The van der Waals surface area contributed by atoms with Gasteiger partial charge in [0.25, 0.3) is 0 Å². The lowest BCUT2D eigenvalue weighted by atomic mass is 10.1. The minimum Gasteiger partial charge on any atom is -0.496 e. The van der Waals surface area contributed by atoms with Gasteiger partial charge in [0.2, 0.25) is 5.91 Å². The predicted octanol–water partition coefficient (Wildman–Crippen LogP) is 1.29. The number of hydrogen-bond donors (Lipinski definition) is 1. The molecular formula is C13H15BrN2O3. The van der Waals surface area contributed by atoms with Crippen molar-refractivity contribution < 1.29 is 14.3 Å². The van der Waals surface area contributed by atoms with Gasteiger partial charge in [-0.3, -0.25) is 9.69 Å². The maximum Gasteiger partial charge on any atom is 0.241 e. The number of methoxy groups -OCH3 is 1. The first-order valence-electron chi connectivity index (χ1n) is 6.18. The van der Waals surface area contributed by atoms with E-state index in [0.29, 0.717) is 13.2 Å². The van der Waals surface area contributed by atoms with Crippen LogP contribution >= 0.6 is 15.9 Å². The molecule has 102 valence electrons. The Kier molecular flexibility index (Phi) is 3.47. The molecule has 19 heavy (non-hydrogen) atoms. The maximum atomic E-state index is 12.0. The summed E-state index contributed by atoms with van der Waals surface area (Å²) < 4.78 is 11.7. The van der Waals surface area contributed by atoms with Gasteiger partial charge in [-0.15, -0.1) is 0 Å². The van der Waals surface area contributed by atoms with E-state index in [4.69, 9.17) is 9.47 Å². The standard InChI is InChI=1S/C13H15BrN2O3/c1-18-11-6-8(14)2-3-9(11)12-15-13(17)10-7-19-5-4-16(10)12/h2-3,6,10,12H,4-5,7H2,1H3,(H,15,17)/t10-,12-/m1/s1. The minimum atomic E-state index is -0.188. The second-order valence-corrected chi connectivity index (χ2v) is 5.54. The number of nitrogens with one attached hydrogen (secondary N) is 1. The first-order valence-corrected chi connectivity index (χ1v) is 6.97. The van der Waals surface area contributed by atoms with Crippen molar-refractivity contribution in [3.05, 3.63) is 28.2 Å². The van der Waals surface area contributed by atoms with Gasteiger partial charge < -0.3 is 14.8 Å². The van der Waals surface area contributed by atoms with Gasteiger partial charge in [0.15, 0.2) is 0 Å². The monoisotopic (exact) mass is 326 g/mol. The Balaban J connectivity index is 1.95. The number of rotatable bonds is 2. The average Bonchev–Trinajstić information content (AvgIpc) is 2.76. The first-order chi connectivity index (χ1) is 9.20. The van der Waals surface area contributed by atoms with Crippen LogP contribution in [0, 0.1) is 0 Å². The molecule has 2 atom stereocenters. The van der Waals surface area contributed by atoms with Crippen LogP contribution in [0.25, 0.3) is 0 Å². The Labute approximate surface area is 120 Å². The summed E-state index contributed by atoms with van der Waals surface area (Å²) in [5.41, 5.74) is 0.975. The number of halogens is 1. The lowest BCUT2D eigenvalue weighted by Gasteiger charge is -2.31. The smallest absolute Gasteiger partial charge is 0.241 e. The van der Waals surface area contributed by atoms with Crippen molar-refractivity contribution in [2.24, 2.45) is 0 Å². The highest BCUT2D eigenvalue weighted by Gasteiger charge is 2.43. The van der Waals surface area contributed by atoms with Gasteiger partial charge in [-0.2, -0.15) is 0 Å². The van der Waals surface area contributed by atoms with E-state index in [1.165, 1.54) is 0 Å². The molecule has 0 aromatic heterocycles. The minimum absolute atomic E-state index is 0.0228. The molecule has 0 radical (unpaired) electrons. The van der Waals surface area contributed by atoms with Gasteiger partial charge in [0.1, 0.15) is 18.0 Å². The van der Waals surface area contributed by atoms with E-state index in [0.717, 1.165) is 22.3 Å². The van der Waals surface area contributed by atoms with Gasteiger partial charge in [-0.25, -0.2) is 0 Å². The molecule has 3 rings (SSSR count). The van der Waals surface area contributed by atoms with Crippen molar-refractivity contribution in [1.29, 1.82) is 0 Å². The Bertz CT molecular complexity index is 509. The van der Waals surface area contributed by atoms with E-state index in [9.17, 15) is 4.79 Å². The second-order valence-electron chi connectivity index (χ2n) is 4.63. The molecule has 2 aliphatic heterocycles. The van der Waals surface area contributed by atoms with Crippen LogP contribution in [0.1, 0.15) is 11.7 Å². The summed E-state index contributed by atoms with van der Waals surface area (Å²) in [4.78, 5) is 14.1. The van der Waals surface area contributed by atoms with Crippen LogP contribution in [0.2, 0.25) is 0 Å². The molecule has 0 unspecified atom stereocenters. The molecule has 2 heterocycles. The third-order valence-electron chi connectivity index (χ3n) is 3.57. The SMILES string of the molecule is COc1cc(Br)ccc1[C@@H]1NC(=O)[C@H]2COCCN21. The lowest BCUT2D eigenvalue weighted by molar-refractivity contribution is -0.125. The molecule has 1 amide bonds. The van der Waals surface area contributed by atoms with E-state index >= 15 is 0 Å². The van der Waals surface area contributed by atoms with Crippen LogP contribution in [0.4, 0.5) is 0 Å². The zero-order valence-corrected chi connectivity index (χ0v) is 12.1. The summed E-state index contributed by atoms with van der Waals surface area (Å²) in [5.74, 6) is 0.793. The summed E-state index contributed by atoms with van der Waals surface area (Å²) in [6, 6.07) is 5.66. The van der Waals surface area contributed by atoms with Gasteiger partial charge in [-0.1, -0.05) is 22.0 Å². The highest BCUT2D eigenvalue weighted by Crippen LogP contribution is 2.35. The number of carbonyl (C=O) groups excluding carboxylic acids is 1. The number of benzene rings is 1. The van der Waals surface area contributed by atoms with Crippen molar-refractivity contribution in [1.82, 2.24) is 10.2 Å². The summed E-state index contributed by atoms with van der Waals surface area (Å²) in [7, 11) is 1.64. The largest absolute Gasteiger partial charge is 0.496 e. The van der Waals surface area contributed by atoms with Crippen molar-refractivity contribution in [3.63, 3.8) is 0 Å². The van der Waals surface area contributed by atoms with Crippen LogP contribution in [-0.2, 0) is 9.53 Å². The van der Waals surface area contributed by atoms with E-state index in [-0.39, 0.29) is 18.1 Å². The topological polar surface area (TPSA) is 50.8 Å². The van der Waals surface area contributed by atoms with Gasteiger partial charge >= 0.3 is 0 Å². The molecule has 1 N–H and O–H groups in total. The molecule has 1 aromatic rings. The van der Waals surface area contributed by atoms with Crippen molar-refractivity contribution >= 4 is 21.8 Å². The zero-order valence-electron chi connectivity index (χ0n) is 10.6. The van der Waals surface area contributed by atoms with Gasteiger partial charge in [-0.05, 0) is 12.1 Å². The lowest BCUT2D eigenvalue weighted by Crippen LogP contribution is -2.44. The molecule has 0 aliphatic carbocycles. The molecule has 0 saturated carbocycles. The molecule has 5 nitrogen and oxygen atoms in total. The second kappa shape index (κ2) is 5.11. The van der Waals surface area contributed by atoms with E-state index in [1.807, 2.05) is 18.2 Å². The zero-order chi connectivity index (χ0) is 13.4. The highest BCUT2D eigenvalue weighted by atomic mass is 79.9. The Morgan fingerprint density at radius 3 is 3.16 bits per heavy atom. The quantitative estimate of drug-likeness (QED) is 0.889. The molecule has 2 fully saturated rings. The summed E-state index contributed by atoms with van der Waals surface area (Å²) in [6.07, 6.45) is -0.135. The Hall–Kier alpha value is -1.11. The molecule has 0 bridgehead atoms. The van der Waals surface area contributed by atoms with Crippen molar-refractivity contribution in [2.45, 2.75) is 12.2 Å². The molecule has 1 aromatic carbocycles. The van der Waals surface area contributed by atoms with Crippen LogP contribution in [0.5, 0.6) is 5.75 Å². The fraction of sp³-hybridized carbons (Fsp3) is 0.462. The van der Waals surface area contributed by atoms with Gasteiger partial charge in [0.05, 0.1) is 20.3 Å². The van der Waals surface area contributed by atoms with E-state index in [2.05, 4.69) is 26.1 Å². The number of amides is 1. The number of carbonyl (C=O) groups is 1. The van der Waals surface area contributed by atoms with E-state index < -0.39 is 0 Å². The number of nitrogens with zero attached hydrogens (tertiary/aromatic N) is 1.